The maximum absolute atomic E-state index is 6.03. The minimum absolute atomic E-state index is 0.103. The molecule has 2 rings (SSSR count). The van der Waals surface area contributed by atoms with Crippen LogP contribution in [-0.2, 0) is 4.74 Å². The third-order valence-corrected chi connectivity index (χ3v) is 3.71. The summed E-state index contributed by atoms with van der Waals surface area (Å²) in [6.07, 6.45) is 3.84. The summed E-state index contributed by atoms with van der Waals surface area (Å²) in [7, 11) is 0. The molecule has 2 N–H and O–H groups in total. The van der Waals surface area contributed by atoms with E-state index in [2.05, 4.69) is 42.1 Å². The van der Waals surface area contributed by atoms with Gasteiger partial charge in [-0.05, 0) is 27.7 Å². The van der Waals surface area contributed by atoms with E-state index < -0.39 is 0 Å². The second-order valence-corrected chi connectivity index (χ2v) is 6.15. The number of nitrogens with two attached hydrogens (primary N) is 1. The molecule has 1 aromatic heterocycles. The summed E-state index contributed by atoms with van der Waals surface area (Å²) < 4.78 is 7.99. The number of imidazole rings is 1. The summed E-state index contributed by atoms with van der Waals surface area (Å²) in [5.41, 5.74) is 7.13. The maximum Gasteiger partial charge on any atom is 0.0951 e. The number of aromatic nitrogens is 2. The Balaban J connectivity index is 2.22. The Labute approximate surface area is 115 Å². The van der Waals surface area contributed by atoms with E-state index in [0.717, 1.165) is 19.7 Å². The van der Waals surface area contributed by atoms with Gasteiger partial charge in [0.05, 0.1) is 30.3 Å². The highest BCUT2D eigenvalue weighted by Gasteiger charge is 2.32. The third kappa shape index (κ3) is 3.16. The van der Waals surface area contributed by atoms with Crippen LogP contribution in [0.2, 0.25) is 0 Å². The molecule has 0 spiro atoms. The molecular formula is C14H26N4O. The second-order valence-electron chi connectivity index (χ2n) is 6.15. The summed E-state index contributed by atoms with van der Waals surface area (Å²) >= 11 is 0. The maximum atomic E-state index is 6.03. The third-order valence-electron chi connectivity index (χ3n) is 3.71. The van der Waals surface area contributed by atoms with Crippen LogP contribution >= 0.6 is 0 Å². The number of morpholine rings is 1. The van der Waals surface area contributed by atoms with Crippen LogP contribution in [0.15, 0.2) is 12.5 Å². The van der Waals surface area contributed by atoms with Crippen molar-refractivity contribution < 1.29 is 4.74 Å². The van der Waals surface area contributed by atoms with Crippen molar-refractivity contribution >= 4 is 0 Å². The Morgan fingerprint density at radius 1 is 1.47 bits per heavy atom. The highest BCUT2D eigenvalue weighted by molar-refractivity contribution is 5.08. The van der Waals surface area contributed by atoms with Gasteiger partial charge >= 0.3 is 0 Å². The van der Waals surface area contributed by atoms with Crippen LogP contribution in [0.5, 0.6) is 0 Å². The van der Waals surface area contributed by atoms with E-state index in [1.165, 1.54) is 5.69 Å². The Morgan fingerprint density at radius 3 is 2.79 bits per heavy atom. The monoisotopic (exact) mass is 266 g/mol. The molecule has 1 atom stereocenters. The molecule has 0 saturated carbocycles. The lowest BCUT2D eigenvalue weighted by molar-refractivity contribution is -0.0974. The van der Waals surface area contributed by atoms with Gasteiger partial charge in [-0.1, -0.05) is 0 Å². The van der Waals surface area contributed by atoms with Gasteiger partial charge in [-0.25, -0.2) is 4.98 Å². The van der Waals surface area contributed by atoms with E-state index in [1.807, 2.05) is 12.5 Å². The van der Waals surface area contributed by atoms with Crippen LogP contribution in [0, 0.1) is 0 Å². The minimum Gasteiger partial charge on any atom is -0.373 e. The first-order valence-corrected chi connectivity index (χ1v) is 7.04. The largest absolute Gasteiger partial charge is 0.373 e. The summed E-state index contributed by atoms with van der Waals surface area (Å²) in [5.74, 6) is 0. The predicted molar refractivity (Wildman–Crippen MR) is 76.0 cm³/mol. The highest BCUT2D eigenvalue weighted by Crippen LogP contribution is 2.27. The van der Waals surface area contributed by atoms with E-state index in [1.54, 1.807) is 0 Å². The van der Waals surface area contributed by atoms with Gasteiger partial charge in [0.2, 0.25) is 0 Å². The fourth-order valence-corrected chi connectivity index (χ4v) is 2.78. The van der Waals surface area contributed by atoms with Crippen LogP contribution in [0.3, 0.4) is 0 Å². The van der Waals surface area contributed by atoms with E-state index in [9.17, 15) is 0 Å². The Hall–Kier alpha value is -0.910. The molecule has 1 saturated heterocycles. The lowest BCUT2D eigenvalue weighted by atomic mass is 10.0. The molecule has 0 aliphatic carbocycles. The average Bonchev–Trinajstić information content (AvgIpc) is 2.78. The Bertz CT molecular complexity index is 413. The van der Waals surface area contributed by atoms with Crippen molar-refractivity contribution in [3.05, 3.63) is 18.2 Å². The van der Waals surface area contributed by atoms with E-state index in [0.29, 0.717) is 12.6 Å². The SMILES string of the molecule is CC(C)n1cncc1C(CN)N1CCOC(C)(C)C1. The van der Waals surface area contributed by atoms with Gasteiger partial charge in [0.25, 0.3) is 0 Å². The zero-order valence-corrected chi connectivity index (χ0v) is 12.5. The van der Waals surface area contributed by atoms with Crippen LogP contribution in [0.1, 0.15) is 45.5 Å². The molecule has 0 aromatic carbocycles. The molecule has 19 heavy (non-hydrogen) atoms. The topological polar surface area (TPSA) is 56.3 Å². The summed E-state index contributed by atoms with van der Waals surface area (Å²) in [5, 5.41) is 0. The number of hydrogen-bond acceptors (Lipinski definition) is 4. The fourth-order valence-electron chi connectivity index (χ4n) is 2.78. The number of nitrogens with zero attached hydrogens (tertiary/aromatic N) is 3. The molecule has 1 aromatic rings. The second kappa shape index (κ2) is 5.61. The lowest BCUT2D eigenvalue weighted by Crippen LogP contribution is -2.51. The Kier molecular flexibility index (Phi) is 4.28. The van der Waals surface area contributed by atoms with Crippen molar-refractivity contribution in [1.82, 2.24) is 14.5 Å². The smallest absolute Gasteiger partial charge is 0.0951 e. The van der Waals surface area contributed by atoms with Crippen LogP contribution in [0.4, 0.5) is 0 Å². The molecule has 1 unspecified atom stereocenters. The predicted octanol–water partition coefficient (Wildman–Crippen LogP) is 1.57. The van der Waals surface area contributed by atoms with Crippen molar-refractivity contribution in [2.75, 3.05) is 26.2 Å². The first kappa shape index (κ1) is 14.5. The van der Waals surface area contributed by atoms with Crippen molar-refractivity contribution in [2.45, 2.75) is 45.4 Å². The molecular weight excluding hydrogens is 240 g/mol. The average molecular weight is 266 g/mol. The molecule has 1 fully saturated rings. The zero-order valence-electron chi connectivity index (χ0n) is 12.5. The van der Waals surface area contributed by atoms with Crippen molar-refractivity contribution in [3.8, 4) is 0 Å². The van der Waals surface area contributed by atoms with Gasteiger partial charge in [-0.2, -0.15) is 0 Å². The zero-order chi connectivity index (χ0) is 14.0. The van der Waals surface area contributed by atoms with Gasteiger partial charge in [-0.15, -0.1) is 0 Å². The quantitative estimate of drug-likeness (QED) is 0.899. The molecule has 2 heterocycles. The van der Waals surface area contributed by atoms with Gasteiger partial charge in [0, 0.05) is 31.9 Å². The molecule has 1 aliphatic rings. The standard InChI is InChI=1S/C14H26N4O/c1-11(2)18-10-16-8-13(18)12(7-15)17-5-6-19-14(3,4)9-17/h8,10-12H,5-7,9,15H2,1-4H3. The molecule has 5 nitrogen and oxygen atoms in total. The first-order chi connectivity index (χ1) is 8.94. The molecule has 0 bridgehead atoms. The van der Waals surface area contributed by atoms with Gasteiger partial charge < -0.3 is 15.0 Å². The van der Waals surface area contributed by atoms with Crippen molar-refractivity contribution in [2.24, 2.45) is 5.73 Å². The van der Waals surface area contributed by atoms with Crippen molar-refractivity contribution in [1.29, 1.82) is 0 Å². The number of ether oxygens (including phenoxy) is 1. The normalized spacial score (nSPS) is 21.8. The van der Waals surface area contributed by atoms with Crippen LogP contribution in [-0.4, -0.2) is 46.3 Å². The first-order valence-electron chi connectivity index (χ1n) is 7.04. The van der Waals surface area contributed by atoms with Gasteiger partial charge in [0.1, 0.15) is 0 Å². The molecule has 0 amide bonds. The highest BCUT2D eigenvalue weighted by atomic mass is 16.5. The van der Waals surface area contributed by atoms with Gasteiger partial charge in [0.15, 0.2) is 0 Å². The lowest BCUT2D eigenvalue weighted by Gasteiger charge is -2.42. The minimum atomic E-state index is -0.103. The van der Waals surface area contributed by atoms with E-state index in [4.69, 9.17) is 10.5 Å². The molecule has 1 aliphatic heterocycles. The van der Waals surface area contributed by atoms with Crippen LogP contribution < -0.4 is 5.73 Å². The van der Waals surface area contributed by atoms with Gasteiger partial charge in [-0.3, -0.25) is 4.90 Å². The summed E-state index contributed by atoms with van der Waals surface area (Å²) in [6, 6.07) is 0.619. The molecule has 0 radical (unpaired) electrons. The molecule has 108 valence electrons. The Morgan fingerprint density at radius 2 is 2.21 bits per heavy atom. The fraction of sp³-hybridized carbons (Fsp3) is 0.786. The summed E-state index contributed by atoms with van der Waals surface area (Å²) in [6.45, 7) is 11.8. The van der Waals surface area contributed by atoms with Crippen molar-refractivity contribution in [3.63, 3.8) is 0 Å². The summed E-state index contributed by atoms with van der Waals surface area (Å²) in [4.78, 5) is 6.71. The van der Waals surface area contributed by atoms with E-state index in [-0.39, 0.29) is 11.6 Å². The molecule has 5 heteroatoms. The number of hydrogen-bond donors (Lipinski definition) is 1. The number of rotatable bonds is 4. The van der Waals surface area contributed by atoms with Crippen LogP contribution in [0.25, 0.3) is 0 Å². The van der Waals surface area contributed by atoms with E-state index >= 15 is 0 Å².